The van der Waals surface area contributed by atoms with Crippen molar-refractivity contribution in [2.45, 2.75) is 44.8 Å². The molecule has 2 fully saturated rings. The molecule has 2 aliphatic heterocycles. The number of morpholine rings is 1. The van der Waals surface area contributed by atoms with Crippen molar-refractivity contribution in [3.05, 3.63) is 50.1 Å². The lowest BCUT2D eigenvalue weighted by Gasteiger charge is -2.47. The first-order valence-electron chi connectivity index (χ1n) is 10.4. The van der Waals surface area contributed by atoms with Gasteiger partial charge in [0.25, 0.3) is 5.91 Å². The van der Waals surface area contributed by atoms with E-state index < -0.39 is 0 Å². The Morgan fingerprint density at radius 3 is 2.77 bits per heavy atom. The maximum absolute atomic E-state index is 13.5. The molecule has 3 heterocycles. The van der Waals surface area contributed by atoms with E-state index in [2.05, 4.69) is 39.7 Å². The summed E-state index contributed by atoms with van der Waals surface area (Å²) in [6.45, 7) is 8.56. The summed E-state index contributed by atoms with van der Waals surface area (Å²) in [7, 11) is 0. The van der Waals surface area contributed by atoms with Gasteiger partial charge in [-0.3, -0.25) is 9.69 Å². The molecule has 0 N–H and O–H groups in total. The Kier molecular flexibility index (Phi) is 6.58. The number of carbonyl (C=O) groups is 1. The van der Waals surface area contributed by atoms with Crippen LogP contribution in [0.3, 0.4) is 0 Å². The van der Waals surface area contributed by atoms with Crippen LogP contribution in [0.4, 0.5) is 4.39 Å². The van der Waals surface area contributed by atoms with E-state index in [1.54, 1.807) is 11.3 Å². The Morgan fingerprint density at radius 2 is 2.10 bits per heavy atom. The molecule has 2 saturated heterocycles. The SMILES string of the molecule is CC(C)c1nc(C(=O)N2CCOC3(CCN(Cc4ccc(F)c(Br)c4)CC3)C2)cs1. The largest absolute Gasteiger partial charge is 0.371 e. The van der Waals surface area contributed by atoms with Gasteiger partial charge in [-0.15, -0.1) is 11.3 Å². The number of ether oxygens (including phenoxy) is 1. The van der Waals surface area contributed by atoms with E-state index in [-0.39, 0.29) is 17.3 Å². The van der Waals surface area contributed by atoms with Crippen molar-refractivity contribution in [1.29, 1.82) is 0 Å². The normalized spacial score (nSPS) is 19.6. The molecule has 1 aromatic heterocycles. The van der Waals surface area contributed by atoms with Gasteiger partial charge in [0.1, 0.15) is 11.5 Å². The highest BCUT2D eigenvalue weighted by atomic mass is 79.9. The van der Waals surface area contributed by atoms with Crippen LogP contribution in [0.15, 0.2) is 28.1 Å². The van der Waals surface area contributed by atoms with Crippen LogP contribution in [-0.2, 0) is 11.3 Å². The number of aromatic nitrogens is 1. The Hall–Kier alpha value is -1.35. The summed E-state index contributed by atoms with van der Waals surface area (Å²) >= 11 is 4.82. The lowest BCUT2D eigenvalue weighted by atomic mass is 9.89. The average Bonchev–Trinajstić information content (AvgIpc) is 3.23. The topological polar surface area (TPSA) is 45.7 Å². The summed E-state index contributed by atoms with van der Waals surface area (Å²) in [6, 6.07) is 5.18. The Bertz CT molecular complexity index is 912. The van der Waals surface area contributed by atoms with Gasteiger partial charge in [-0.1, -0.05) is 19.9 Å². The molecule has 0 radical (unpaired) electrons. The van der Waals surface area contributed by atoms with Crippen molar-refractivity contribution >= 4 is 33.2 Å². The van der Waals surface area contributed by atoms with Crippen molar-refractivity contribution in [2.75, 3.05) is 32.8 Å². The standard InChI is InChI=1S/C22H27BrFN3O2S/c1-15(2)20-25-19(13-30-20)21(28)27-9-10-29-22(14-27)5-7-26(8-6-22)12-16-3-4-18(24)17(23)11-16/h3-4,11,13,15H,5-10,12,14H2,1-2H3. The molecular formula is C22H27BrFN3O2S. The summed E-state index contributed by atoms with van der Waals surface area (Å²) in [5.74, 6) is 0.107. The quantitative estimate of drug-likeness (QED) is 0.617. The molecule has 0 unspecified atom stereocenters. The van der Waals surface area contributed by atoms with Gasteiger partial charge in [0.2, 0.25) is 0 Å². The zero-order valence-electron chi connectivity index (χ0n) is 17.4. The molecule has 1 amide bonds. The van der Waals surface area contributed by atoms with Crippen LogP contribution in [0.1, 0.15) is 53.7 Å². The van der Waals surface area contributed by atoms with E-state index in [9.17, 15) is 9.18 Å². The molecule has 0 aliphatic carbocycles. The average molecular weight is 496 g/mol. The van der Waals surface area contributed by atoms with Crippen LogP contribution in [0, 0.1) is 5.82 Å². The molecule has 2 aromatic rings. The van der Waals surface area contributed by atoms with Crippen LogP contribution >= 0.6 is 27.3 Å². The van der Waals surface area contributed by atoms with E-state index in [4.69, 9.17) is 4.74 Å². The fourth-order valence-electron chi connectivity index (χ4n) is 4.15. The van der Waals surface area contributed by atoms with Gasteiger partial charge in [0.15, 0.2) is 0 Å². The molecule has 0 saturated carbocycles. The highest BCUT2D eigenvalue weighted by Crippen LogP contribution is 2.32. The summed E-state index contributed by atoms with van der Waals surface area (Å²) in [6.07, 6.45) is 1.76. The maximum atomic E-state index is 13.5. The first-order valence-corrected chi connectivity index (χ1v) is 12.1. The number of nitrogens with zero attached hydrogens (tertiary/aromatic N) is 3. The molecule has 8 heteroatoms. The van der Waals surface area contributed by atoms with Crippen molar-refractivity contribution in [3.8, 4) is 0 Å². The summed E-state index contributed by atoms with van der Waals surface area (Å²) in [4.78, 5) is 21.8. The molecular weight excluding hydrogens is 469 g/mol. The monoisotopic (exact) mass is 495 g/mol. The molecule has 1 spiro atoms. The Labute approximate surface area is 189 Å². The minimum atomic E-state index is -0.273. The molecule has 4 rings (SSSR count). The van der Waals surface area contributed by atoms with E-state index in [1.165, 1.54) is 6.07 Å². The molecule has 2 aliphatic rings. The number of rotatable bonds is 4. The van der Waals surface area contributed by atoms with Crippen LogP contribution in [0.2, 0.25) is 0 Å². The smallest absolute Gasteiger partial charge is 0.273 e. The summed E-state index contributed by atoms with van der Waals surface area (Å²) in [5.41, 5.74) is 1.37. The van der Waals surface area contributed by atoms with Gasteiger partial charge < -0.3 is 9.64 Å². The van der Waals surface area contributed by atoms with E-state index in [0.717, 1.165) is 43.0 Å². The number of carbonyl (C=O) groups excluding carboxylic acids is 1. The van der Waals surface area contributed by atoms with Gasteiger partial charge in [-0.2, -0.15) is 0 Å². The molecule has 1 aromatic carbocycles. The number of hydrogen-bond acceptors (Lipinski definition) is 5. The minimum Gasteiger partial charge on any atom is -0.371 e. The van der Waals surface area contributed by atoms with Crippen LogP contribution in [-0.4, -0.2) is 59.1 Å². The number of halogens is 2. The van der Waals surface area contributed by atoms with E-state index in [0.29, 0.717) is 35.8 Å². The molecule has 5 nitrogen and oxygen atoms in total. The number of hydrogen-bond donors (Lipinski definition) is 0. The summed E-state index contributed by atoms with van der Waals surface area (Å²) in [5, 5.41) is 2.88. The second-order valence-corrected chi connectivity index (χ2v) is 10.3. The van der Waals surface area contributed by atoms with Gasteiger partial charge in [-0.25, -0.2) is 9.37 Å². The molecule has 162 valence electrons. The molecule has 0 bridgehead atoms. The van der Waals surface area contributed by atoms with E-state index in [1.807, 2.05) is 22.4 Å². The number of likely N-dealkylation sites (tertiary alicyclic amines) is 1. The number of thiazole rings is 1. The van der Waals surface area contributed by atoms with Crippen molar-refractivity contribution in [3.63, 3.8) is 0 Å². The fourth-order valence-corrected chi connectivity index (χ4v) is 5.38. The minimum absolute atomic E-state index is 0.0133. The third kappa shape index (κ3) is 4.77. The number of amides is 1. The van der Waals surface area contributed by atoms with Crippen LogP contribution in [0.5, 0.6) is 0 Å². The maximum Gasteiger partial charge on any atom is 0.273 e. The van der Waals surface area contributed by atoms with Gasteiger partial charge in [0, 0.05) is 37.5 Å². The lowest BCUT2D eigenvalue weighted by Crippen LogP contribution is -2.58. The van der Waals surface area contributed by atoms with Crippen molar-refractivity contribution in [2.24, 2.45) is 0 Å². The first kappa shape index (κ1) is 21.9. The highest BCUT2D eigenvalue weighted by molar-refractivity contribution is 9.10. The van der Waals surface area contributed by atoms with Crippen molar-refractivity contribution < 1.29 is 13.9 Å². The predicted molar refractivity (Wildman–Crippen MR) is 119 cm³/mol. The zero-order valence-corrected chi connectivity index (χ0v) is 19.8. The fraction of sp³-hybridized carbons (Fsp3) is 0.545. The third-order valence-electron chi connectivity index (χ3n) is 5.93. The van der Waals surface area contributed by atoms with E-state index >= 15 is 0 Å². The predicted octanol–water partition coefficient (Wildman–Crippen LogP) is 4.68. The number of piperidine rings is 1. The molecule has 0 atom stereocenters. The van der Waals surface area contributed by atoms with Gasteiger partial charge in [-0.05, 0) is 46.5 Å². The summed E-state index contributed by atoms with van der Waals surface area (Å²) < 4.78 is 20.2. The highest BCUT2D eigenvalue weighted by Gasteiger charge is 2.41. The third-order valence-corrected chi connectivity index (χ3v) is 7.68. The van der Waals surface area contributed by atoms with Gasteiger partial charge in [0.05, 0.1) is 28.2 Å². The second kappa shape index (κ2) is 9.02. The Balaban J connectivity index is 1.36. The number of benzene rings is 1. The lowest BCUT2D eigenvalue weighted by molar-refractivity contribution is -0.128. The zero-order chi connectivity index (χ0) is 21.3. The molecule has 30 heavy (non-hydrogen) atoms. The van der Waals surface area contributed by atoms with Crippen LogP contribution in [0.25, 0.3) is 0 Å². The Morgan fingerprint density at radius 1 is 1.33 bits per heavy atom. The van der Waals surface area contributed by atoms with Crippen LogP contribution < -0.4 is 0 Å². The van der Waals surface area contributed by atoms with Gasteiger partial charge >= 0.3 is 0 Å². The second-order valence-electron chi connectivity index (χ2n) is 8.51. The first-order chi connectivity index (χ1) is 14.3. The van der Waals surface area contributed by atoms with Crippen molar-refractivity contribution in [1.82, 2.24) is 14.8 Å².